The van der Waals surface area contributed by atoms with Gasteiger partial charge in [0.05, 0.1) is 48.1 Å². The Bertz CT molecular complexity index is 1020. The van der Waals surface area contributed by atoms with Crippen LogP contribution in [-0.2, 0) is 4.74 Å². The SMILES string of the molecule is CC(C)Nc1c(C(=O)NCC2(CO)COC2)cnc2c1Oc1cc(C#N)ccc1O2. The predicted octanol–water partition coefficient (Wildman–Crippen LogP) is 2.41. The van der Waals surface area contributed by atoms with Gasteiger partial charge in [0.15, 0.2) is 11.5 Å². The molecule has 0 atom stereocenters. The summed E-state index contributed by atoms with van der Waals surface area (Å²) in [6, 6.07) is 6.91. The number of benzene rings is 1. The number of anilines is 1. The Morgan fingerprint density at radius 3 is 2.77 bits per heavy atom. The van der Waals surface area contributed by atoms with Gasteiger partial charge in [0, 0.05) is 24.8 Å². The Balaban J connectivity index is 1.65. The van der Waals surface area contributed by atoms with E-state index in [0.29, 0.717) is 41.5 Å². The van der Waals surface area contributed by atoms with Crippen LogP contribution in [0.5, 0.6) is 23.1 Å². The van der Waals surface area contributed by atoms with Crippen LogP contribution in [0.3, 0.4) is 0 Å². The zero-order chi connectivity index (χ0) is 21.3. The normalized spacial score (nSPS) is 15.6. The van der Waals surface area contributed by atoms with Crippen molar-refractivity contribution in [3.05, 3.63) is 35.5 Å². The molecule has 9 heteroatoms. The molecule has 2 aromatic rings. The molecule has 0 unspecified atom stereocenters. The van der Waals surface area contributed by atoms with Crippen LogP contribution in [0.2, 0.25) is 0 Å². The summed E-state index contributed by atoms with van der Waals surface area (Å²) in [6.07, 6.45) is 1.43. The van der Waals surface area contributed by atoms with E-state index in [4.69, 9.17) is 19.5 Å². The number of amides is 1. The van der Waals surface area contributed by atoms with Crippen LogP contribution in [0.15, 0.2) is 24.4 Å². The van der Waals surface area contributed by atoms with Gasteiger partial charge in [-0.1, -0.05) is 0 Å². The molecular weight excluding hydrogens is 388 g/mol. The average molecular weight is 410 g/mol. The summed E-state index contributed by atoms with van der Waals surface area (Å²) in [6.45, 7) is 4.89. The Morgan fingerprint density at radius 1 is 1.33 bits per heavy atom. The van der Waals surface area contributed by atoms with E-state index in [1.165, 1.54) is 6.20 Å². The van der Waals surface area contributed by atoms with Crippen molar-refractivity contribution in [2.45, 2.75) is 19.9 Å². The van der Waals surface area contributed by atoms with Crippen LogP contribution in [0, 0.1) is 16.7 Å². The molecule has 0 bridgehead atoms. The molecule has 1 amide bonds. The van der Waals surface area contributed by atoms with Crippen molar-refractivity contribution in [1.29, 1.82) is 5.26 Å². The minimum Gasteiger partial charge on any atom is -0.445 e. The molecule has 1 aromatic carbocycles. The van der Waals surface area contributed by atoms with E-state index in [0.717, 1.165) is 0 Å². The lowest BCUT2D eigenvalue weighted by atomic mass is 9.87. The second-order valence-electron chi connectivity index (χ2n) is 7.79. The molecule has 0 aliphatic carbocycles. The third-order valence-corrected chi connectivity index (χ3v) is 4.95. The molecule has 156 valence electrons. The number of fused-ring (bicyclic) bond motifs is 2. The monoisotopic (exact) mass is 410 g/mol. The number of carbonyl (C=O) groups is 1. The van der Waals surface area contributed by atoms with E-state index in [2.05, 4.69) is 21.7 Å². The smallest absolute Gasteiger partial charge is 0.265 e. The van der Waals surface area contributed by atoms with Crippen LogP contribution < -0.4 is 20.1 Å². The van der Waals surface area contributed by atoms with Crippen molar-refractivity contribution >= 4 is 11.6 Å². The summed E-state index contributed by atoms with van der Waals surface area (Å²) in [7, 11) is 0. The molecular formula is C21H22N4O5. The number of hydrogen-bond donors (Lipinski definition) is 3. The Morgan fingerprint density at radius 2 is 2.13 bits per heavy atom. The molecule has 1 fully saturated rings. The Hall–Kier alpha value is -3.35. The molecule has 2 aliphatic heterocycles. The van der Waals surface area contributed by atoms with E-state index in [-0.39, 0.29) is 36.7 Å². The number of rotatable bonds is 6. The van der Waals surface area contributed by atoms with Gasteiger partial charge in [-0.3, -0.25) is 4.79 Å². The minimum absolute atomic E-state index is 0.00214. The van der Waals surface area contributed by atoms with E-state index in [9.17, 15) is 9.90 Å². The maximum absolute atomic E-state index is 12.9. The highest BCUT2D eigenvalue weighted by Crippen LogP contribution is 2.49. The third kappa shape index (κ3) is 3.63. The van der Waals surface area contributed by atoms with Gasteiger partial charge in [0.2, 0.25) is 5.75 Å². The molecule has 0 radical (unpaired) electrons. The Kier molecular flexibility index (Phi) is 5.20. The lowest BCUT2D eigenvalue weighted by Gasteiger charge is -2.39. The largest absolute Gasteiger partial charge is 0.445 e. The molecule has 3 heterocycles. The number of nitriles is 1. The van der Waals surface area contributed by atoms with E-state index >= 15 is 0 Å². The van der Waals surface area contributed by atoms with Crippen molar-refractivity contribution in [3.63, 3.8) is 0 Å². The minimum atomic E-state index is -0.449. The highest BCUT2D eigenvalue weighted by Gasteiger charge is 2.38. The number of aromatic nitrogens is 1. The van der Waals surface area contributed by atoms with Gasteiger partial charge >= 0.3 is 0 Å². The van der Waals surface area contributed by atoms with Crippen LogP contribution in [0.1, 0.15) is 29.8 Å². The van der Waals surface area contributed by atoms with Gasteiger partial charge in [-0.05, 0) is 26.0 Å². The summed E-state index contributed by atoms with van der Waals surface area (Å²) in [5, 5.41) is 24.8. The van der Waals surface area contributed by atoms with Crippen molar-refractivity contribution in [2.24, 2.45) is 5.41 Å². The van der Waals surface area contributed by atoms with Gasteiger partial charge in [0.25, 0.3) is 11.8 Å². The first-order chi connectivity index (χ1) is 14.4. The van der Waals surface area contributed by atoms with Gasteiger partial charge in [-0.15, -0.1) is 0 Å². The lowest BCUT2D eigenvalue weighted by Crippen LogP contribution is -2.53. The first-order valence-corrected chi connectivity index (χ1v) is 9.61. The molecule has 1 saturated heterocycles. The molecule has 1 aromatic heterocycles. The number of nitrogens with one attached hydrogen (secondary N) is 2. The molecule has 30 heavy (non-hydrogen) atoms. The van der Waals surface area contributed by atoms with Crippen molar-refractivity contribution in [3.8, 4) is 29.2 Å². The van der Waals surface area contributed by atoms with Crippen LogP contribution in [0.25, 0.3) is 0 Å². The van der Waals surface area contributed by atoms with Crippen LogP contribution in [-0.4, -0.2) is 48.4 Å². The molecule has 2 aliphatic rings. The molecule has 4 rings (SSSR count). The fourth-order valence-electron chi connectivity index (χ4n) is 3.21. The van der Waals surface area contributed by atoms with Crippen LogP contribution in [0.4, 0.5) is 5.69 Å². The van der Waals surface area contributed by atoms with E-state index in [1.807, 2.05) is 13.8 Å². The standard InChI is InChI=1S/C21H22N4O5/c1-12(2)25-17-14(19(27)24-8-21(9-26)10-28-11-21)7-23-20-18(17)29-16-5-13(6-22)3-4-15(16)30-20/h3-5,7,12,26H,8-11H2,1-2H3,(H,23,25)(H,24,27). The Labute approximate surface area is 173 Å². The second-order valence-corrected chi connectivity index (χ2v) is 7.79. The quantitative estimate of drug-likeness (QED) is 0.566. The second kappa shape index (κ2) is 7.82. The number of carbonyl (C=O) groups excluding carboxylic acids is 1. The molecule has 0 saturated carbocycles. The van der Waals surface area contributed by atoms with Crippen LogP contribution >= 0.6 is 0 Å². The van der Waals surface area contributed by atoms with Crippen molar-refractivity contribution in [1.82, 2.24) is 10.3 Å². The number of aliphatic hydroxyl groups excluding tert-OH is 1. The van der Waals surface area contributed by atoms with Gasteiger partial charge in [0.1, 0.15) is 0 Å². The maximum Gasteiger partial charge on any atom is 0.265 e. The fraction of sp³-hybridized carbons (Fsp3) is 0.381. The van der Waals surface area contributed by atoms with E-state index in [1.54, 1.807) is 18.2 Å². The topological polar surface area (TPSA) is 126 Å². The summed E-state index contributed by atoms with van der Waals surface area (Å²) >= 11 is 0. The molecule has 3 N–H and O–H groups in total. The lowest BCUT2D eigenvalue weighted by molar-refractivity contribution is -0.133. The maximum atomic E-state index is 12.9. The van der Waals surface area contributed by atoms with Gasteiger partial charge in [-0.25, -0.2) is 4.98 Å². The number of ether oxygens (including phenoxy) is 3. The number of nitrogens with zero attached hydrogens (tertiary/aromatic N) is 2. The predicted molar refractivity (Wildman–Crippen MR) is 107 cm³/mol. The first kappa shape index (κ1) is 19.9. The van der Waals surface area contributed by atoms with Gasteiger partial charge in [-0.2, -0.15) is 5.26 Å². The summed E-state index contributed by atoms with van der Waals surface area (Å²) < 4.78 is 17.0. The molecule has 9 nitrogen and oxygen atoms in total. The summed E-state index contributed by atoms with van der Waals surface area (Å²) in [4.78, 5) is 17.2. The number of pyridine rings is 1. The number of aliphatic hydroxyl groups is 1. The van der Waals surface area contributed by atoms with Crippen molar-refractivity contribution < 1.29 is 24.1 Å². The number of hydrogen-bond acceptors (Lipinski definition) is 8. The van der Waals surface area contributed by atoms with Gasteiger partial charge < -0.3 is 30.0 Å². The van der Waals surface area contributed by atoms with Crippen molar-refractivity contribution in [2.75, 3.05) is 31.7 Å². The molecule has 0 spiro atoms. The summed E-state index contributed by atoms with van der Waals surface area (Å²) in [5.41, 5.74) is 0.718. The van der Waals surface area contributed by atoms with E-state index < -0.39 is 5.41 Å². The average Bonchev–Trinajstić information content (AvgIpc) is 2.71. The summed E-state index contributed by atoms with van der Waals surface area (Å²) in [5.74, 6) is 0.970. The highest BCUT2D eigenvalue weighted by atomic mass is 16.6. The third-order valence-electron chi connectivity index (χ3n) is 4.95. The highest BCUT2D eigenvalue weighted by molar-refractivity contribution is 6.01. The zero-order valence-electron chi connectivity index (χ0n) is 16.7. The fourth-order valence-corrected chi connectivity index (χ4v) is 3.21. The zero-order valence-corrected chi connectivity index (χ0v) is 16.7. The first-order valence-electron chi connectivity index (χ1n) is 9.61.